The van der Waals surface area contributed by atoms with Crippen molar-refractivity contribution in [3.8, 4) is 0 Å². The third-order valence-corrected chi connectivity index (χ3v) is 4.33. The summed E-state index contributed by atoms with van der Waals surface area (Å²) in [5.74, 6) is -0.341. The summed E-state index contributed by atoms with van der Waals surface area (Å²) in [5.41, 5.74) is 2.56. The zero-order chi connectivity index (χ0) is 18.1. The van der Waals surface area contributed by atoms with E-state index in [9.17, 15) is 9.59 Å². The van der Waals surface area contributed by atoms with E-state index in [1.54, 1.807) is 31.2 Å². The van der Waals surface area contributed by atoms with Gasteiger partial charge in [-0.1, -0.05) is 46.3 Å². The van der Waals surface area contributed by atoms with Crippen molar-refractivity contribution in [3.63, 3.8) is 0 Å². The first kappa shape index (κ1) is 19.0. The van der Waals surface area contributed by atoms with E-state index >= 15 is 0 Å². The van der Waals surface area contributed by atoms with Crippen LogP contribution >= 0.6 is 15.9 Å². The number of benzene rings is 2. The van der Waals surface area contributed by atoms with Crippen LogP contribution in [0.25, 0.3) is 0 Å². The predicted molar refractivity (Wildman–Crippen MR) is 100 cm³/mol. The molecule has 0 bridgehead atoms. The molecule has 2 N–H and O–H groups in total. The van der Waals surface area contributed by atoms with E-state index in [2.05, 4.69) is 26.6 Å². The fraction of sp³-hybridized carbons (Fsp3) is 0.263. The lowest BCUT2D eigenvalue weighted by Crippen LogP contribution is -2.36. The molecule has 0 heterocycles. The van der Waals surface area contributed by atoms with Crippen molar-refractivity contribution in [1.29, 1.82) is 0 Å². The largest absolute Gasteiger partial charge is 0.462 e. The van der Waals surface area contributed by atoms with E-state index in [4.69, 9.17) is 4.74 Å². The van der Waals surface area contributed by atoms with Crippen LogP contribution in [0.15, 0.2) is 53.0 Å². The Bertz CT molecular complexity index is 717. The van der Waals surface area contributed by atoms with Gasteiger partial charge in [0.25, 0.3) is 0 Å². The molecular formula is C19H21BrN2O3. The van der Waals surface area contributed by atoms with E-state index in [-0.39, 0.29) is 12.0 Å². The van der Waals surface area contributed by atoms with Gasteiger partial charge in [0.1, 0.15) is 0 Å². The number of amides is 2. The normalized spacial score (nSPS) is 10.2. The molecule has 0 aliphatic heterocycles. The highest BCUT2D eigenvalue weighted by molar-refractivity contribution is 9.10. The molecular weight excluding hydrogens is 384 g/mol. The average molecular weight is 405 g/mol. The van der Waals surface area contributed by atoms with Crippen LogP contribution in [-0.4, -0.2) is 25.2 Å². The van der Waals surface area contributed by atoms with E-state index < -0.39 is 0 Å². The maximum absolute atomic E-state index is 11.8. The standard InChI is InChI=1S/C19H21BrN2O3/c1-2-25-18(23)16-9-7-14(8-10-16)13-22-19(24)21-12-11-15-5-3-4-6-17(15)20/h3-10H,2,11-13H2,1H3,(H2,21,22,24). The number of carbonyl (C=O) groups excluding carboxylic acids is 2. The fourth-order valence-corrected chi connectivity index (χ4v) is 2.71. The van der Waals surface area contributed by atoms with Gasteiger partial charge in [-0.05, 0) is 42.7 Å². The molecule has 2 amide bonds. The van der Waals surface area contributed by atoms with Crippen LogP contribution < -0.4 is 10.6 Å². The molecule has 0 fully saturated rings. The van der Waals surface area contributed by atoms with Gasteiger partial charge in [0, 0.05) is 17.6 Å². The number of hydrogen-bond acceptors (Lipinski definition) is 3. The van der Waals surface area contributed by atoms with Gasteiger partial charge < -0.3 is 15.4 Å². The Balaban J connectivity index is 1.72. The number of urea groups is 1. The Morgan fingerprint density at radius 1 is 1.04 bits per heavy atom. The SMILES string of the molecule is CCOC(=O)c1ccc(CNC(=O)NCCc2ccccc2Br)cc1. The second kappa shape index (κ2) is 9.84. The number of halogens is 1. The molecule has 0 unspecified atom stereocenters. The first-order valence-corrected chi connectivity index (χ1v) is 8.90. The minimum Gasteiger partial charge on any atom is -0.462 e. The number of carbonyl (C=O) groups is 2. The molecule has 0 atom stereocenters. The summed E-state index contributed by atoms with van der Waals surface area (Å²) in [6.45, 7) is 3.06. The Morgan fingerprint density at radius 3 is 2.44 bits per heavy atom. The number of hydrogen-bond donors (Lipinski definition) is 2. The van der Waals surface area contributed by atoms with Crippen molar-refractivity contribution in [2.45, 2.75) is 19.9 Å². The van der Waals surface area contributed by atoms with Crippen molar-refractivity contribution in [3.05, 3.63) is 69.7 Å². The summed E-state index contributed by atoms with van der Waals surface area (Å²) < 4.78 is 5.97. The summed E-state index contributed by atoms with van der Waals surface area (Å²) >= 11 is 3.49. The lowest BCUT2D eigenvalue weighted by atomic mass is 10.1. The molecule has 2 rings (SSSR count). The molecule has 0 aliphatic rings. The molecule has 2 aromatic rings. The van der Waals surface area contributed by atoms with Gasteiger partial charge in [-0.15, -0.1) is 0 Å². The van der Waals surface area contributed by atoms with Crippen LogP contribution in [0.1, 0.15) is 28.4 Å². The van der Waals surface area contributed by atoms with E-state index in [0.29, 0.717) is 25.3 Å². The van der Waals surface area contributed by atoms with E-state index in [1.807, 2.05) is 24.3 Å². The topological polar surface area (TPSA) is 67.4 Å². The van der Waals surface area contributed by atoms with Gasteiger partial charge in [-0.3, -0.25) is 0 Å². The maximum Gasteiger partial charge on any atom is 0.338 e. The maximum atomic E-state index is 11.8. The third kappa shape index (κ3) is 6.23. The van der Waals surface area contributed by atoms with Crippen LogP contribution in [0.4, 0.5) is 4.79 Å². The van der Waals surface area contributed by atoms with Gasteiger partial charge >= 0.3 is 12.0 Å². The number of ether oxygens (including phenoxy) is 1. The Hall–Kier alpha value is -2.34. The number of nitrogens with one attached hydrogen (secondary N) is 2. The zero-order valence-electron chi connectivity index (χ0n) is 14.0. The molecule has 0 aromatic heterocycles. The molecule has 0 radical (unpaired) electrons. The molecule has 0 spiro atoms. The van der Waals surface area contributed by atoms with Crippen LogP contribution in [0.3, 0.4) is 0 Å². The van der Waals surface area contributed by atoms with Gasteiger partial charge in [-0.2, -0.15) is 0 Å². The predicted octanol–water partition coefficient (Wildman–Crippen LogP) is 3.67. The van der Waals surface area contributed by atoms with Gasteiger partial charge in [0.05, 0.1) is 12.2 Å². The molecule has 0 saturated heterocycles. The van der Waals surface area contributed by atoms with Crippen LogP contribution in [0, 0.1) is 0 Å². The van der Waals surface area contributed by atoms with Gasteiger partial charge in [-0.25, -0.2) is 9.59 Å². The molecule has 0 aliphatic carbocycles. The molecule has 5 nitrogen and oxygen atoms in total. The van der Waals surface area contributed by atoms with Crippen molar-refractivity contribution in [2.24, 2.45) is 0 Å². The first-order chi connectivity index (χ1) is 12.1. The molecule has 0 saturated carbocycles. The highest BCUT2D eigenvalue weighted by Crippen LogP contribution is 2.15. The first-order valence-electron chi connectivity index (χ1n) is 8.11. The van der Waals surface area contributed by atoms with Crippen molar-refractivity contribution >= 4 is 27.9 Å². The second-order valence-corrected chi connectivity index (χ2v) is 6.22. The lowest BCUT2D eigenvalue weighted by molar-refractivity contribution is 0.0526. The molecule has 132 valence electrons. The Kier molecular flexibility index (Phi) is 7.47. The monoisotopic (exact) mass is 404 g/mol. The summed E-state index contributed by atoms with van der Waals surface area (Å²) in [5, 5.41) is 5.63. The summed E-state index contributed by atoms with van der Waals surface area (Å²) in [7, 11) is 0. The molecule has 2 aromatic carbocycles. The smallest absolute Gasteiger partial charge is 0.338 e. The van der Waals surface area contributed by atoms with Crippen LogP contribution in [0.5, 0.6) is 0 Å². The highest BCUT2D eigenvalue weighted by Gasteiger charge is 2.06. The number of rotatable bonds is 7. The third-order valence-electron chi connectivity index (χ3n) is 3.56. The van der Waals surface area contributed by atoms with Crippen LogP contribution in [0.2, 0.25) is 0 Å². The van der Waals surface area contributed by atoms with Gasteiger partial charge in [0.2, 0.25) is 0 Å². The van der Waals surface area contributed by atoms with Crippen LogP contribution in [-0.2, 0) is 17.7 Å². The van der Waals surface area contributed by atoms with Crippen molar-refractivity contribution in [2.75, 3.05) is 13.2 Å². The molecule has 25 heavy (non-hydrogen) atoms. The summed E-state index contributed by atoms with van der Waals surface area (Å²) in [6, 6.07) is 14.7. The van der Waals surface area contributed by atoms with Crippen molar-refractivity contribution in [1.82, 2.24) is 10.6 Å². The van der Waals surface area contributed by atoms with E-state index in [1.165, 1.54) is 0 Å². The lowest BCUT2D eigenvalue weighted by Gasteiger charge is -2.09. The minimum absolute atomic E-state index is 0.221. The highest BCUT2D eigenvalue weighted by atomic mass is 79.9. The second-order valence-electron chi connectivity index (χ2n) is 5.37. The number of esters is 1. The summed E-state index contributed by atoms with van der Waals surface area (Å²) in [6.07, 6.45) is 0.753. The fourth-order valence-electron chi connectivity index (χ4n) is 2.23. The van der Waals surface area contributed by atoms with E-state index in [0.717, 1.165) is 22.0 Å². The molecule has 6 heteroatoms. The quantitative estimate of drug-likeness (QED) is 0.691. The zero-order valence-corrected chi connectivity index (χ0v) is 15.6. The Labute approximate surface area is 155 Å². The van der Waals surface area contributed by atoms with Gasteiger partial charge in [0.15, 0.2) is 0 Å². The Morgan fingerprint density at radius 2 is 1.76 bits per heavy atom. The average Bonchev–Trinajstić information content (AvgIpc) is 2.62. The minimum atomic E-state index is -0.341. The summed E-state index contributed by atoms with van der Waals surface area (Å²) in [4.78, 5) is 23.4. The van der Waals surface area contributed by atoms with Crippen molar-refractivity contribution < 1.29 is 14.3 Å².